The van der Waals surface area contributed by atoms with E-state index in [-0.39, 0.29) is 5.78 Å². The summed E-state index contributed by atoms with van der Waals surface area (Å²) in [5.41, 5.74) is 1.63. The zero-order valence-corrected chi connectivity index (χ0v) is 9.27. The molecular formula is C12H13N3O. The van der Waals surface area contributed by atoms with Crippen LogP contribution < -0.4 is 5.32 Å². The Bertz CT molecular complexity index is 499. The largest absolute Gasteiger partial charge is 0.339 e. The van der Waals surface area contributed by atoms with Gasteiger partial charge in [-0.3, -0.25) is 9.48 Å². The van der Waals surface area contributed by atoms with E-state index >= 15 is 0 Å². The van der Waals surface area contributed by atoms with Gasteiger partial charge in [0.05, 0.1) is 0 Å². The predicted octanol–water partition coefficient (Wildman–Crippen LogP) is 2.37. The molecular weight excluding hydrogens is 202 g/mol. The highest BCUT2D eigenvalue weighted by Gasteiger charge is 2.00. The number of aromatic nitrogens is 2. The third-order valence-corrected chi connectivity index (χ3v) is 2.28. The molecule has 0 aliphatic rings. The highest BCUT2D eigenvalue weighted by Crippen LogP contribution is 2.15. The van der Waals surface area contributed by atoms with Crippen molar-refractivity contribution in [3.63, 3.8) is 0 Å². The highest BCUT2D eigenvalue weighted by atomic mass is 16.1. The molecule has 0 radical (unpaired) electrons. The fraction of sp³-hybridized carbons (Fsp3) is 0.167. The molecule has 0 fully saturated rings. The van der Waals surface area contributed by atoms with Gasteiger partial charge in [0.2, 0.25) is 0 Å². The van der Waals surface area contributed by atoms with Gasteiger partial charge in [-0.1, -0.05) is 0 Å². The maximum atomic E-state index is 11.1. The van der Waals surface area contributed by atoms with Gasteiger partial charge < -0.3 is 5.32 Å². The molecule has 0 saturated carbocycles. The van der Waals surface area contributed by atoms with E-state index < -0.39 is 0 Å². The lowest BCUT2D eigenvalue weighted by atomic mass is 10.1. The van der Waals surface area contributed by atoms with Crippen LogP contribution in [0.5, 0.6) is 0 Å². The number of hydrogen-bond donors (Lipinski definition) is 1. The predicted molar refractivity (Wildman–Crippen MR) is 62.9 cm³/mol. The third kappa shape index (κ3) is 2.28. The monoisotopic (exact) mass is 215 g/mol. The molecule has 0 spiro atoms. The molecule has 1 heterocycles. The first-order chi connectivity index (χ1) is 7.65. The Balaban J connectivity index is 2.14. The van der Waals surface area contributed by atoms with Crippen LogP contribution >= 0.6 is 0 Å². The molecule has 2 aromatic rings. The van der Waals surface area contributed by atoms with Crippen molar-refractivity contribution in [2.75, 3.05) is 5.32 Å². The van der Waals surface area contributed by atoms with E-state index in [0.29, 0.717) is 5.56 Å². The number of aryl methyl sites for hydroxylation is 1. The minimum atomic E-state index is 0.0735. The number of nitrogens with one attached hydrogen (secondary N) is 1. The van der Waals surface area contributed by atoms with Crippen LogP contribution in [0.3, 0.4) is 0 Å². The van der Waals surface area contributed by atoms with Crippen LogP contribution in [0.25, 0.3) is 0 Å². The minimum Gasteiger partial charge on any atom is -0.339 e. The molecule has 0 atom stereocenters. The van der Waals surface area contributed by atoms with Crippen molar-refractivity contribution in [3.05, 3.63) is 42.1 Å². The van der Waals surface area contributed by atoms with E-state index in [1.54, 1.807) is 23.7 Å². The SMILES string of the molecule is CC(=O)c1ccc(Nc2ccn(C)n2)cc1. The second-order valence-electron chi connectivity index (χ2n) is 3.63. The first-order valence-electron chi connectivity index (χ1n) is 5.03. The molecule has 0 saturated heterocycles. The highest BCUT2D eigenvalue weighted by molar-refractivity contribution is 5.94. The van der Waals surface area contributed by atoms with Crippen LogP contribution in [0.1, 0.15) is 17.3 Å². The normalized spacial score (nSPS) is 10.1. The van der Waals surface area contributed by atoms with Crippen molar-refractivity contribution in [1.29, 1.82) is 0 Å². The van der Waals surface area contributed by atoms with Gasteiger partial charge in [0.1, 0.15) is 0 Å². The molecule has 2 rings (SSSR count). The second-order valence-corrected chi connectivity index (χ2v) is 3.63. The van der Waals surface area contributed by atoms with Gasteiger partial charge in [-0.2, -0.15) is 5.10 Å². The van der Waals surface area contributed by atoms with Crippen molar-refractivity contribution >= 4 is 17.3 Å². The Hall–Kier alpha value is -2.10. The number of rotatable bonds is 3. The van der Waals surface area contributed by atoms with Gasteiger partial charge in [-0.25, -0.2) is 0 Å². The lowest BCUT2D eigenvalue weighted by Crippen LogP contribution is -1.95. The molecule has 0 aliphatic carbocycles. The average molecular weight is 215 g/mol. The number of benzene rings is 1. The van der Waals surface area contributed by atoms with Crippen LogP contribution in [-0.2, 0) is 7.05 Å². The van der Waals surface area contributed by atoms with Crippen molar-refractivity contribution in [3.8, 4) is 0 Å². The number of ketones is 1. The van der Waals surface area contributed by atoms with Gasteiger partial charge in [0.25, 0.3) is 0 Å². The molecule has 0 bridgehead atoms. The van der Waals surface area contributed by atoms with Crippen molar-refractivity contribution in [2.24, 2.45) is 7.05 Å². The standard InChI is InChI=1S/C12H13N3O/c1-9(16)10-3-5-11(6-4-10)13-12-7-8-15(2)14-12/h3-8H,1-2H3,(H,13,14). The molecule has 1 aromatic heterocycles. The molecule has 4 heteroatoms. The van der Waals surface area contributed by atoms with E-state index in [1.165, 1.54) is 0 Å². The number of nitrogens with zero attached hydrogens (tertiary/aromatic N) is 2. The summed E-state index contributed by atoms with van der Waals surface area (Å²) in [7, 11) is 1.87. The summed E-state index contributed by atoms with van der Waals surface area (Å²) in [5.74, 6) is 0.863. The Kier molecular flexibility index (Phi) is 2.72. The lowest BCUT2D eigenvalue weighted by Gasteiger charge is -2.03. The topological polar surface area (TPSA) is 46.9 Å². The Morgan fingerprint density at radius 2 is 1.94 bits per heavy atom. The van der Waals surface area contributed by atoms with E-state index in [0.717, 1.165) is 11.5 Å². The van der Waals surface area contributed by atoms with Gasteiger partial charge in [0.15, 0.2) is 11.6 Å². The third-order valence-electron chi connectivity index (χ3n) is 2.28. The smallest absolute Gasteiger partial charge is 0.159 e. The van der Waals surface area contributed by atoms with Crippen molar-refractivity contribution < 1.29 is 4.79 Å². The number of Topliss-reactive ketones (excluding diaryl/α,β-unsaturated/α-hetero) is 1. The van der Waals surface area contributed by atoms with Crippen molar-refractivity contribution in [2.45, 2.75) is 6.92 Å². The van der Waals surface area contributed by atoms with Crippen LogP contribution in [0.15, 0.2) is 36.5 Å². The molecule has 0 aliphatic heterocycles. The number of carbonyl (C=O) groups excluding carboxylic acids is 1. The molecule has 4 nitrogen and oxygen atoms in total. The Morgan fingerprint density at radius 3 is 2.44 bits per heavy atom. The van der Waals surface area contributed by atoms with Gasteiger partial charge >= 0.3 is 0 Å². The van der Waals surface area contributed by atoms with Gasteiger partial charge in [-0.15, -0.1) is 0 Å². The quantitative estimate of drug-likeness (QED) is 0.799. The molecule has 16 heavy (non-hydrogen) atoms. The first kappa shape index (κ1) is 10.4. The van der Waals surface area contributed by atoms with E-state index in [1.807, 2.05) is 31.4 Å². The zero-order chi connectivity index (χ0) is 11.5. The summed E-state index contributed by atoms with van der Waals surface area (Å²) in [4.78, 5) is 11.1. The summed E-state index contributed by atoms with van der Waals surface area (Å²) in [5, 5.41) is 7.35. The van der Waals surface area contributed by atoms with Crippen LogP contribution in [0, 0.1) is 0 Å². The lowest BCUT2D eigenvalue weighted by molar-refractivity contribution is 0.101. The van der Waals surface area contributed by atoms with Gasteiger partial charge in [-0.05, 0) is 31.2 Å². The van der Waals surface area contributed by atoms with E-state index in [4.69, 9.17) is 0 Å². The Morgan fingerprint density at radius 1 is 1.25 bits per heavy atom. The number of carbonyl (C=O) groups is 1. The second kappa shape index (κ2) is 4.18. The average Bonchev–Trinajstić information content (AvgIpc) is 2.65. The van der Waals surface area contributed by atoms with Crippen LogP contribution in [-0.4, -0.2) is 15.6 Å². The van der Waals surface area contributed by atoms with E-state index in [2.05, 4.69) is 10.4 Å². The van der Waals surface area contributed by atoms with Crippen LogP contribution in [0.2, 0.25) is 0 Å². The summed E-state index contributed by atoms with van der Waals surface area (Å²) in [6.45, 7) is 1.56. The number of anilines is 2. The summed E-state index contributed by atoms with van der Waals surface area (Å²) < 4.78 is 1.73. The minimum absolute atomic E-state index is 0.0735. The summed E-state index contributed by atoms with van der Waals surface area (Å²) >= 11 is 0. The summed E-state index contributed by atoms with van der Waals surface area (Å²) in [6.07, 6.45) is 1.87. The maximum Gasteiger partial charge on any atom is 0.159 e. The molecule has 0 amide bonds. The molecule has 82 valence electrons. The number of hydrogen-bond acceptors (Lipinski definition) is 3. The van der Waals surface area contributed by atoms with Crippen molar-refractivity contribution in [1.82, 2.24) is 9.78 Å². The fourth-order valence-corrected chi connectivity index (χ4v) is 1.42. The summed E-state index contributed by atoms with van der Waals surface area (Å²) in [6, 6.07) is 9.22. The molecule has 0 unspecified atom stereocenters. The van der Waals surface area contributed by atoms with Gasteiger partial charge in [0, 0.05) is 30.6 Å². The zero-order valence-electron chi connectivity index (χ0n) is 9.27. The molecule has 1 aromatic carbocycles. The maximum absolute atomic E-state index is 11.1. The molecule has 1 N–H and O–H groups in total. The van der Waals surface area contributed by atoms with E-state index in [9.17, 15) is 4.79 Å². The first-order valence-corrected chi connectivity index (χ1v) is 5.03. The Labute approximate surface area is 93.9 Å². The fourth-order valence-electron chi connectivity index (χ4n) is 1.42. The van der Waals surface area contributed by atoms with Crippen LogP contribution in [0.4, 0.5) is 11.5 Å².